The molecule has 3 N–H and O–H groups in total. The Balaban J connectivity index is 2.47. The summed E-state index contributed by atoms with van der Waals surface area (Å²) in [6, 6.07) is 6.21. The summed E-state index contributed by atoms with van der Waals surface area (Å²) in [7, 11) is 0. The second kappa shape index (κ2) is 7.89. The largest absolute Gasteiger partial charge is 0.480 e. The van der Waals surface area contributed by atoms with Crippen molar-refractivity contribution >= 4 is 27.9 Å². The molecule has 110 valence electrons. The van der Waals surface area contributed by atoms with Crippen LogP contribution in [0.1, 0.15) is 25.8 Å². The van der Waals surface area contributed by atoms with Crippen LogP contribution in [0, 0.1) is 5.92 Å². The molecule has 0 bridgehead atoms. The topological polar surface area (TPSA) is 78.4 Å². The third kappa shape index (κ3) is 6.06. The van der Waals surface area contributed by atoms with E-state index in [9.17, 15) is 9.59 Å². The third-order valence-corrected chi connectivity index (χ3v) is 3.15. The molecule has 0 saturated heterocycles. The second-order valence-corrected chi connectivity index (χ2v) is 5.89. The first-order chi connectivity index (χ1) is 9.38. The zero-order valence-corrected chi connectivity index (χ0v) is 13.1. The number of benzene rings is 1. The van der Waals surface area contributed by atoms with E-state index in [2.05, 4.69) is 26.6 Å². The van der Waals surface area contributed by atoms with Crippen LogP contribution in [-0.4, -0.2) is 23.1 Å². The Labute approximate surface area is 126 Å². The third-order valence-electron chi connectivity index (χ3n) is 2.65. The molecule has 0 aliphatic heterocycles. The zero-order chi connectivity index (χ0) is 15.1. The molecule has 0 aliphatic carbocycles. The Kier molecular flexibility index (Phi) is 6.51. The number of nitrogens with one attached hydrogen (secondary N) is 2. The summed E-state index contributed by atoms with van der Waals surface area (Å²) in [6.07, 6.45) is 0.402. The normalized spacial score (nSPS) is 12.0. The van der Waals surface area contributed by atoms with Gasteiger partial charge in [0.1, 0.15) is 6.04 Å². The average molecular weight is 343 g/mol. The van der Waals surface area contributed by atoms with Crippen molar-refractivity contribution in [1.82, 2.24) is 10.6 Å². The molecule has 0 radical (unpaired) electrons. The monoisotopic (exact) mass is 342 g/mol. The van der Waals surface area contributed by atoms with Crippen LogP contribution in [0.2, 0.25) is 0 Å². The van der Waals surface area contributed by atoms with Crippen LogP contribution in [0.25, 0.3) is 0 Å². The van der Waals surface area contributed by atoms with Crippen molar-refractivity contribution in [3.05, 3.63) is 34.3 Å². The van der Waals surface area contributed by atoms with E-state index in [1.807, 2.05) is 38.1 Å². The number of hydrogen-bond donors (Lipinski definition) is 3. The minimum atomic E-state index is -1.02. The fourth-order valence-corrected chi connectivity index (χ4v) is 2.18. The molecule has 6 heteroatoms. The Bertz CT molecular complexity index is 477. The van der Waals surface area contributed by atoms with Crippen molar-refractivity contribution in [2.75, 3.05) is 0 Å². The highest BCUT2D eigenvalue weighted by atomic mass is 79.9. The van der Waals surface area contributed by atoms with E-state index in [0.29, 0.717) is 13.0 Å². The van der Waals surface area contributed by atoms with Crippen molar-refractivity contribution in [1.29, 1.82) is 0 Å². The van der Waals surface area contributed by atoms with E-state index >= 15 is 0 Å². The van der Waals surface area contributed by atoms with E-state index in [1.165, 1.54) is 0 Å². The number of aliphatic carboxylic acids is 1. The first-order valence-corrected chi connectivity index (χ1v) is 7.19. The summed E-state index contributed by atoms with van der Waals surface area (Å²) in [6.45, 7) is 4.17. The van der Waals surface area contributed by atoms with Crippen LogP contribution in [0.4, 0.5) is 4.79 Å². The number of amides is 2. The highest BCUT2D eigenvalue weighted by Gasteiger charge is 2.20. The van der Waals surface area contributed by atoms with Crippen LogP contribution in [0.5, 0.6) is 0 Å². The van der Waals surface area contributed by atoms with Gasteiger partial charge in [-0.1, -0.05) is 41.9 Å². The molecular weight excluding hydrogens is 324 g/mol. The van der Waals surface area contributed by atoms with Crippen LogP contribution < -0.4 is 10.6 Å². The van der Waals surface area contributed by atoms with Crippen molar-refractivity contribution in [2.45, 2.75) is 32.9 Å². The zero-order valence-electron chi connectivity index (χ0n) is 11.5. The van der Waals surface area contributed by atoms with Gasteiger partial charge < -0.3 is 15.7 Å². The second-order valence-electron chi connectivity index (χ2n) is 4.98. The van der Waals surface area contributed by atoms with Gasteiger partial charge in [-0.3, -0.25) is 0 Å². The van der Waals surface area contributed by atoms with Gasteiger partial charge in [-0.15, -0.1) is 0 Å². The Morgan fingerprint density at radius 1 is 1.35 bits per heavy atom. The van der Waals surface area contributed by atoms with Crippen LogP contribution in [-0.2, 0) is 11.3 Å². The van der Waals surface area contributed by atoms with E-state index in [1.54, 1.807) is 0 Å². The van der Waals surface area contributed by atoms with Crippen molar-refractivity contribution in [3.63, 3.8) is 0 Å². The number of carbonyl (C=O) groups excluding carboxylic acids is 1. The summed E-state index contributed by atoms with van der Waals surface area (Å²) >= 11 is 3.35. The van der Waals surface area contributed by atoms with Crippen LogP contribution >= 0.6 is 15.9 Å². The highest BCUT2D eigenvalue weighted by Crippen LogP contribution is 2.11. The molecule has 0 spiro atoms. The quantitative estimate of drug-likeness (QED) is 0.743. The molecule has 0 unspecified atom stereocenters. The molecule has 5 nitrogen and oxygen atoms in total. The lowest BCUT2D eigenvalue weighted by Gasteiger charge is -2.17. The molecule has 1 aromatic rings. The van der Waals surface area contributed by atoms with Gasteiger partial charge in [-0.2, -0.15) is 0 Å². The maximum absolute atomic E-state index is 11.7. The van der Waals surface area contributed by atoms with E-state index < -0.39 is 18.0 Å². The molecule has 0 heterocycles. The molecule has 0 aliphatic rings. The maximum Gasteiger partial charge on any atom is 0.326 e. The molecule has 2 amide bonds. The Hall–Kier alpha value is -1.56. The summed E-state index contributed by atoms with van der Waals surface area (Å²) in [5, 5.41) is 14.2. The van der Waals surface area contributed by atoms with Gasteiger partial charge in [-0.05, 0) is 30.0 Å². The minimum Gasteiger partial charge on any atom is -0.480 e. The van der Waals surface area contributed by atoms with Crippen LogP contribution in [0.15, 0.2) is 28.7 Å². The van der Waals surface area contributed by atoms with E-state index in [-0.39, 0.29) is 5.92 Å². The predicted octanol–water partition coefficient (Wildman–Crippen LogP) is 2.75. The van der Waals surface area contributed by atoms with E-state index in [4.69, 9.17) is 5.11 Å². The molecule has 1 atom stereocenters. The molecular formula is C14H19BrN2O3. The molecule has 0 aromatic heterocycles. The number of rotatable bonds is 6. The standard InChI is InChI=1S/C14H19BrN2O3/c1-9(2)6-12(13(18)19)17-14(20)16-8-10-4-3-5-11(15)7-10/h3-5,7,9,12H,6,8H2,1-2H3,(H,18,19)(H2,16,17,20)/t12-/m1/s1. The number of carboxylic acids is 1. The summed E-state index contributed by atoms with van der Waals surface area (Å²) < 4.78 is 0.931. The van der Waals surface area contributed by atoms with Crippen LogP contribution in [0.3, 0.4) is 0 Å². The van der Waals surface area contributed by atoms with E-state index in [0.717, 1.165) is 10.0 Å². The fraction of sp³-hybridized carbons (Fsp3) is 0.429. The first kappa shape index (κ1) is 16.5. The molecule has 1 aromatic carbocycles. The Morgan fingerprint density at radius 3 is 2.60 bits per heavy atom. The summed E-state index contributed by atoms with van der Waals surface area (Å²) in [5.41, 5.74) is 0.935. The van der Waals surface area contributed by atoms with Crippen molar-refractivity contribution < 1.29 is 14.7 Å². The van der Waals surface area contributed by atoms with Gasteiger partial charge in [0, 0.05) is 11.0 Å². The van der Waals surface area contributed by atoms with Crippen molar-refractivity contribution in [2.24, 2.45) is 5.92 Å². The van der Waals surface area contributed by atoms with Gasteiger partial charge in [0.2, 0.25) is 0 Å². The number of halogens is 1. The molecule has 0 saturated carbocycles. The van der Waals surface area contributed by atoms with Gasteiger partial charge in [0.25, 0.3) is 0 Å². The minimum absolute atomic E-state index is 0.196. The molecule has 0 fully saturated rings. The number of carbonyl (C=O) groups is 2. The fourth-order valence-electron chi connectivity index (χ4n) is 1.73. The molecule has 20 heavy (non-hydrogen) atoms. The molecule has 1 rings (SSSR count). The van der Waals surface area contributed by atoms with Gasteiger partial charge >= 0.3 is 12.0 Å². The number of carboxylic acid groups (broad SMARTS) is 1. The predicted molar refractivity (Wildman–Crippen MR) is 80.4 cm³/mol. The highest BCUT2D eigenvalue weighted by molar-refractivity contribution is 9.10. The lowest BCUT2D eigenvalue weighted by molar-refractivity contribution is -0.139. The summed E-state index contributed by atoms with van der Waals surface area (Å²) in [4.78, 5) is 22.7. The first-order valence-electron chi connectivity index (χ1n) is 6.40. The SMILES string of the molecule is CC(C)C[C@@H](NC(=O)NCc1cccc(Br)c1)C(=O)O. The number of hydrogen-bond acceptors (Lipinski definition) is 2. The average Bonchev–Trinajstić information content (AvgIpc) is 2.35. The van der Waals surface area contributed by atoms with Gasteiger partial charge in [0.15, 0.2) is 0 Å². The van der Waals surface area contributed by atoms with Gasteiger partial charge in [0.05, 0.1) is 0 Å². The van der Waals surface area contributed by atoms with Crippen molar-refractivity contribution in [3.8, 4) is 0 Å². The number of urea groups is 1. The lowest BCUT2D eigenvalue weighted by atomic mass is 10.0. The Morgan fingerprint density at radius 2 is 2.05 bits per heavy atom. The lowest BCUT2D eigenvalue weighted by Crippen LogP contribution is -2.46. The van der Waals surface area contributed by atoms with Gasteiger partial charge in [-0.25, -0.2) is 9.59 Å². The smallest absolute Gasteiger partial charge is 0.326 e. The summed E-state index contributed by atoms with van der Waals surface area (Å²) in [5.74, 6) is -0.821. The maximum atomic E-state index is 11.7.